The van der Waals surface area contributed by atoms with Crippen LogP contribution < -0.4 is 0 Å². The standard InChI is InChI=1S/C17H21F9O3/c1-3-13(2,15(18,19)20)12(27)29-11-6-8-4-9(10(11)5-8)7-14(28,16(21,22)23)17(24,25)26/h8-11,28H,3-7H2,1-2H3. The Labute approximate surface area is 160 Å². The average Bonchev–Trinajstić information content (AvgIpc) is 3.10. The van der Waals surface area contributed by atoms with Gasteiger partial charge >= 0.3 is 24.5 Å². The van der Waals surface area contributed by atoms with E-state index >= 15 is 0 Å². The van der Waals surface area contributed by atoms with Gasteiger partial charge in [0.2, 0.25) is 0 Å². The quantitative estimate of drug-likeness (QED) is 0.470. The lowest BCUT2D eigenvalue weighted by molar-refractivity contribution is -0.373. The summed E-state index contributed by atoms with van der Waals surface area (Å²) in [7, 11) is 0. The molecule has 2 rings (SSSR count). The Bertz CT molecular complexity index is 611. The van der Waals surface area contributed by atoms with Crippen LogP contribution in [-0.2, 0) is 9.53 Å². The number of carbonyl (C=O) groups excluding carboxylic acids is 1. The largest absolute Gasteiger partial charge is 0.461 e. The molecular weight excluding hydrogens is 423 g/mol. The zero-order chi connectivity index (χ0) is 22.6. The monoisotopic (exact) mass is 444 g/mol. The van der Waals surface area contributed by atoms with E-state index in [1.165, 1.54) is 0 Å². The van der Waals surface area contributed by atoms with Crippen LogP contribution in [0.4, 0.5) is 39.5 Å². The number of rotatable bonds is 5. The Morgan fingerprint density at radius 3 is 1.83 bits per heavy atom. The van der Waals surface area contributed by atoms with Crippen molar-refractivity contribution < 1.29 is 54.2 Å². The minimum absolute atomic E-state index is 0.0580. The number of carbonyl (C=O) groups is 1. The number of fused-ring (bicyclic) bond motifs is 2. The normalized spacial score (nSPS) is 30.3. The Morgan fingerprint density at radius 2 is 1.45 bits per heavy atom. The van der Waals surface area contributed by atoms with Crippen molar-refractivity contribution >= 4 is 5.97 Å². The van der Waals surface area contributed by atoms with E-state index in [0.717, 1.165) is 6.92 Å². The van der Waals surface area contributed by atoms with Crippen molar-refractivity contribution in [1.29, 1.82) is 0 Å². The predicted molar refractivity (Wildman–Crippen MR) is 80.3 cm³/mol. The molecule has 0 radical (unpaired) electrons. The molecule has 0 saturated heterocycles. The summed E-state index contributed by atoms with van der Waals surface area (Å²) in [5.74, 6) is -4.26. The van der Waals surface area contributed by atoms with Gasteiger partial charge in [-0.3, -0.25) is 4.79 Å². The molecule has 29 heavy (non-hydrogen) atoms. The van der Waals surface area contributed by atoms with E-state index in [4.69, 9.17) is 4.74 Å². The van der Waals surface area contributed by atoms with E-state index in [-0.39, 0.29) is 25.2 Å². The number of aliphatic hydroxyl groups is 1. The van der Waals surface area contributed by atoms with Crippen LogP contribution in [0.15, 0.2) is 0 Å². The van der Waals surface area contributed by atoms with Crippen molar-refractivity contribution in [3.05, 3.63) is 0 Å². The smallest absolute Gasteiger partial charge is 0.426 e. The first-order valence-corrected chi connectivity index (χ1v) is 9.01. The second kappa shape index (κ2) is 7.19. The van der Waals surface area contributed by atoms with Crippen molar-refractivity contribution in [3.63, 3.8) is 0 Å². The molecule has 0 heterocycles. The summed E-state index contributed by atoms with van der Waals surface area (Å²) in [5.41, 5.74) is -7.77. The van der Waals surface area contributed by atoms with Crippen LogP contribution in [0.2, 0.25) is 0 Å². The molecule has 1 N–H and O–H groups in total. The fraction of sp³-hybridized carbons (Fsp3) is 0.941. The van der Waals surface area contributed by atoms with Gasteiger partial charge in [0.1, 0.15) is 6.10 Å². The third kappa shape index (κ3) is 4.05. The number of esters is 1. The zero-order valence-corrected chi connectivity index (χ0v) is 15.5. The van der Waals surface area contributed by atoms with E-state index in [9.17, 15) is 49.4 Å². The van der Waals surface area contributed by atoms with Gasteiger partial charge in [-0.2, -0.15) is 39.5 Å². The van der Waals surface area contributed by atoms with Gasteiger partial charge in [-0.05, 0) is 56.8 Å². The lowest BCUT2D eigenvalue weighted by Gasteiger charge is -2.38. The van der Waals surface area contributed by atoms with Gasteiger partial charge in [0.25, 0.3) is 5.60 Å². The van der Waals surface area contributed by atoms with Gasteiger partial charge in [-0.25, -0.2) is 0 Å². The van der Waals surface area contributed by atoms with Crippen molar-refractivity contribution in [2.45, 2.75) is 76.2 Å². The number of hydrogen-bond acceptors (Lipinski definition) is 3. The molecule has 2 saturated carbocycles. The third-order valence-corrected chi connectivity index (χ3v) is 6.43. The molecule has 3 nitrogen and oxygen atoms in total. The highest BCUT2D eigenvalue weighted by Gasteiger charge is 2.71. The molecular formula is C17H21F9O3. The lowest BCUT2D eigenvalue weighted by Crippen LogP contribution is -2.58. The van der Waals surface area contributed by atoms with E-state index < -0.39 is 66.3 Å². The second-order valence-electron chi connectivity index (χ2n) is 8.18. The Kier molecular flexibility index (Phi) is 5.97. The number of halogens is 9. The topological polar surface area (TPSA) is 46.5 Å². The minimum atomic E-state index is -5.98. The van der Waals surface area contributed by atoms with Crippen LogP contribution in [0.3, 0.4) is 0 Å². The van der Waals surface area contributed by atoms with Crippen molar-refractivity contribution in [1.82, 2.24) is 0 Å². The average molecular weight is 444 g/mol. The maximum atomic E-state index is 13.2. The first-order valence-electron chi connectivity index (χ1n) is 9.01. The summed E-state index contributed by atoms with van der Waals surface area (Å²) < 4.78 is 122. The maximum absolute atomic E-state index is 13.2. The van der Waals surface area contributed by atoms with Gasteiger partial charge < -0.3 is 9.84 Å². The number of ether oxygens (including phenoxy) is 1. The maximum Gasteiger partial charge on any atom is 0.426 e. The van der Waals surface area contributed by atoms with Crippen LogP contribution in [-0.4, -0.2) is 41.3 Å². The Balaban J connectivity index is 2.19. The van der Waals surface area contributed by atoms with Crippen molar-refractivity contribution in [3.8, 4) is 0 Å². The number of hydrogen-bond donors (Lipinski definition) is 1. The molecule has 170 valence electrons. The molecule has 2 aliphatic rings. The highest BCUT2D eigenvalue weighted by Crippen LogP contribution is 2.56. The van der Waals surface area contributed by atoms with Crippen LogP contribution in [0.25, 0.3) is 0 Å². The van der Waals surface area contributed by atoms with Gasteiger partial charge in [0.05, 0.1) is 0 Å². The fourth-order valence-corrected chi connectivity index (χ4v) is 4.30. The summed E-state index contributed by atoms with van der Waals surface area (Å²) in [4.78, 5) is 12.1. The predicted octanol–water partition coefficient (Wildman–Crippen LogP) is 5.17. The van der Waals surface area contributed by atoms with Crippen LogP contribution in [0.5, 0.6) is 0 Å². The lowest BCUT2D eigenvalue weighted by atomic mass is 9.78. The highest BCUT2D eigenvalue weighted by molar-refractivity contribution is 5.77. The summed E-state index contributed by atoms with van der Waals surface area (Å²) in [5, 5.41) is 9.41. The molecule has 5 atom stereocenters. The van der Waals surface area contributed by atoms with Crippen LogP contribution >= 0.6 is 0 Å². The van der Waals surface area contributed by atoms with Crippen molar-refractivity contribution in [2.24, 2.45) is 23.2 Å². The van der Waals surface area contributed by atoms with Gasteiger partial charge in [-0.1, -0.05) is 6.92 Å². The van der Waals surface area contributed by atoms with Gasteiger partial charge in [-0.15, -0.1) is 0 Å². The zero-order valence-electron chi connectivity index (χ0n) is 15.5. The number of alkyl halides is 9. The fourth-order valence-electron chi connectivity index (χ4n) is 4.30. The molecule has 0 amide bonds. The molecule has 2 aliphatic carbocycles. The summed E-state index contributed by atoms with van der Waals surface area (Å²) in [6, 6.07) is 0. The molecule has 0 aromatic carbocycles. The van der Waals surface area contributed by atoms with E-state index in [1.54, 1.807) is 0 Å². The highest BCUT2D eigenvalue weighted by atomic mass is 19.4. The SMILES string of the molecule is CCC(C)(C(=O)OC1CC2CC(CC(O)(C(F)(F)F)C(F)(F)F)C1C2)C(F)(F)F. The minimum Gasteiger partial charge on any atom is -0.461 e. The molecule has 0 aromatic rings. The summed E-state index contributed by atoms with van der Waals surface area (Å²) in [6.45, 7) is 1.75. The van der Waals surface area contributed by atoms with E-state index in [2.05, 4.69) is 0 Å². The molecule has 12 heteroatoms. The summed E-state index contributed by atoms with van der Waals surface area (Å²) >= 11 is 0. The van der Waals surface area contributed by atoms with E-state index in [0.29, 0.717) is 6.92 Å². The molecule has 0 aromatic heterocycles. The van der Waals surface area contributed by atoms with Crippen molar-refractivity contribution in [2.75, 3.05) is 0 Å². The first-order chi connectivity index (χ1) is 12.9. The molecule has 2 bridgehead atoms. The summed E-state index contributed by atoms with van der Waals surface area (Å²) in [6.07, 6.45) is -20.3. The molecule has 0 spiro atoms. The Morgan fingerprint density at radius 1 is 0.931 bits per heavy atom. The van der Waals surface area contributed by atoms with Crippen LogP contribution in [0.1, 0.15) is 46.0 Å². The molecule has 5 unspecified atom stereocenters. The van der Waals surface area contributed by atoms with Crippen LogP contribution in [0, 0.1) is 23.2 Å². The van der Waals surface area contributed by atoms with Gasteiger partial charge in [0.15, 0.2) is 5.41 Å². The third-order valence-electron chi connectivity index (χ3n) is 6.43. The second-order valence-corrected chi connectivity index (χ2v) is 8.18. The first kappa shape index (κ1) is 24.1. The molecule has 2 fully saturated rings. The molecule has 0 aliphatic heterocycles. The Hall–Kier alpha value is -1.20. The van der Waals surface area contributed by atoms with Gasteiger partial charge in [0, 0.05) is 0 Å². The van der Waals surface area contributed by atoms with E-state index in [1.807, 2.05) is 0 Å².